The van der Waals surface area contributed by atoms with Gasteiger partial charge in [0.25, 0.3) is 0 Å². The van der Waals surface area contributed by atoms with E-state index >= 15 is 0 Å². The normalized spacial score (nSPS) is 33.9. The van der Waals surface area contributed by atoms with Crippen molar-refractivity contribution in [2.45, 2.75) is 112 Å². The quantitative estimate of drug-likeness (QED) is 0.175. The lowest BCUT2D eigenvalue weighted by atomic mass is 9.35. The van der Waals surface area contributed by atoms with Crippen molar-refractivity contribution in [3.8, 4) is 0 Å². The molecule has 0 spiro atoms. The molecule has 7 rings (SSSR count). The molecule has 0 amide bonds. The molecule has 12 nitrogen and oxygen atoms in total. The van der Waals surface area contributed by atoms with E-state index < -0.39 is 52.7 Å². The van der Waals surface area contributed by atoms with Crippen molar-refractivity contribution in [2.75, 3.05) is 6.61 Å². The van der Waals surface area contributed by atoms with Gasteiger partial charge in [-0.05, 0) is 133 Å². The summed E-state index contributed by atoms with van der Waals surface area (Å²) in [5.74, 6) is -6.40. The highest BCUT2D eigenvalue weighted by molar-refractivity contribution is 6.00. The largest absolute Gasteiger partial charge is 0.478 e. The smallest absolute Gasteiger partial charge is 0.338 e. The molecule has 0 radical (unpaired) electrons. The summed E-state index contributed by atoms with van der Waals surface area (Å²) in [6.45, 7) is 16.2. The van der Waals surface area contributed by atoms with Gasteiger partial charge in [-0.25, -0.2) is 28.8 Å². The number of aromatic carboxylic acids is 4. The van der Waals surface area contributed by atoms with Gasteiger partial charge in [-0.2, -0.15) is 0 Å². The summed E-state index contributed by atoms with van der Waals surface area (Å²) >= 11 is 0. The number of carbonyl (C=O) groups is 6. The van der Waals surface area contributed by atoms with Crippen LogP contribution in [0.3, 0.4) is 0 Å². The Hall–Kier alpha value is -5.26. The molecule has 5 aliphatic carbocycles. The molecule has 8 atom stereocenters. The lowest BCUT2D eigenvalue weighted by molar-refractivity contribution is -0.183. The van der Waals surface area contributed by atoms with Crippen molar-refractivity contribution in [2.24, 2.45) is 44.3 Å². The summed E-state index contributed by atoms with van der Waals surface area (Å²) in [6, 6.07) is 6.68. The first-order valence-corrected chi connectivity index (χ1v) is 20.9. The minimum atomic E-state index is -1.34. The van der Waals surface area contributed by atoms with Crippen LogP contribution in [0.25, 0.3) is 0 Å². The van der Waals surface area contributed by atoms with Gasteiger partial charge in [0.2, 0.25) is 0 Å². The molecule has 3 saturated carbocycles. The van der Waals surface area contributed by atoms with Gasteiger partial charge < -0.3 is 29.9 Å². The first-order chi connectivity index (χ1) is 27.9. The molecule has 0 aliphatic heterocycles. The van der Waals surface area contributed by atoms with E-state index in [9.17, 15) is 49.2 Å². The highest BCUT2D eigenvalue weighted by Gasteiger charge is 2.67. The zero-order chi connectivity index (χ0) is 44.0. The maximum Gasteiger partial charge on any atom is 0.338 e. The third-order valence-electron chi connectivity index (χ3n) is 16.4. The van der Waals surface area contributed by atoms with Crippen molar-refractivity contribution in [3.05, 3.63) is 93.1 Å². The topological polar surface area (TPSA) is 202 Å². The van der Waals surface area contributed by atoms with E-state index in [2.05, 4.69) is 60.6 Å². The molecule has 60 heavy (non-hydrogen) atoms. The predicted octanol–water partition coefficient (Wildman–Crippen LogP) is 9.58. The number of carbonyl (C=O) groups excluding carboxylic acids is 2. The van der Waals surface area contributed by atoms with Crippen LogP contribution in [0.5, 0.6) is 0 Å². The molecule has 12 heteroatoms. The van der Waals surface area contributed by atoms with Crippen LogP contribution in [-0.4, -0.2) is 69.0 Å². The van der Waals surface area contributed by atoms with Crippen LogP contribution in [0.15, 0.2) is 59.7 Å². The van der Waals surface area contributed by atoms with Crippen LogP contribution in [0.1, 0.15) is 168 Å². The monoisotopic (exact) mass is 824 g/mol. The molecule has 2 aromatic carbocycles. The molecule has 0 aromatic heterocycles. The van der Waals surface area contributed by atoms with Gasteiger partial charge in [-0.15, -0.1) is 0 Å². The van der Waals surface area contributed by atoms with E-state index in [1.807, 2.05) is 0 Å². The summed E-state index contributed by atoms with van der Waals surface area (Å²) in [6.07, 6.45) is 12.2. The number of allylic oxidation sites excluding steroid dienone is 4. The zero-order valence-electron chi connectivity index (χ0n) is 35.5. The van der Waals surface area contributed by atoms with E-state index in [4.69, 9.17) is 9.47 Å². The second-order valence-corrected chi connectivity index (χ2v) is 20.3. The van der Waals surface area contributed by atoms with Crippen molar-refractivity contribution < 1.29 is 58.7 Å². The van der Waals surface area contributed by atoms with Gasteiger partial charge in [0.1, 0.15) is 6.10 Å². The van der Waals surface area contributed by atoms with Gasteiger partial charge in [0, 0.05) is 10.8 Å². The fourth-order valence-corrected chi connectivity index (χ4v) is 12.6. The first kappa shape index (κ1) is 42.8. The number of esters is 2. The average molecular weight is 825 g/mol. The third-order valence-corrected chi connectivity index (χ3v) is 16.4. The fraction of sp³-hybridized carbons (Fsp3) is 0.542. The molecule has 0 heterocycles. The molecule has 0 saturated heterocycles. The number of rotatable bonds is 9. The zero-order valence-corrected chi connectivity index (χ0v) is 35.5. The van der Waals surface area contributed by atoms with E-state index in [1.54, 1.807) is 0 Å². The van der Waals surface area contributed by atoms with Crippen molar-refractivity contribution in [3.63, 3.8) is 0 Å². The number of hydrogen-bond acceptors (Lipinski definition) is 8. The van der Waals surface area contributed by atoms with Crippen LogP contribution >= 0.6 is 0 Å². The third kappa shape index (κ3) is 6.83. The Balaban J connectivity index is 1.14. The van der Waals surface area contributed by atoms with Crippen LogP contribution in [-0.2, 0) is 9.47 Å². The molecule has 320 valence electrons. The minimum absolute atomic E-state index is 0.0155. The van der Waals surface area contributed by atoms with Gasteiger partial charge in [-0.3, -0.25) is 0 Å². The Morgan fingerprint density at radius 1 is 0.617 bits per heavy atom. The summed E-state index contributed by atoms with van der Waals surface area (Å²) in [4.78, 5) is 73.7. The Morgan fingerprint density at radius 2 is 1.12 bits per heavy atom. The minimum Gasteiger partial charge on any atom is -0.478 e. The van der Waals surface area contributed by atoms with Crippen molar-refractivity contribution in [1.29, 1.82) is 0 Å². The number of fused-ring (bicyclic) bond motifs is 6. The van der Waals surface area contributed by atoms with Crippen molar-refractivity contribution in [1.82, 2.24) is 0 Å². The fourth-order valence-electron chi connectivity index (χ4n) is 12.6. The average Bonchev–Trinajstić information content (AvgIpc) is 3.18. The highest BCUT2D eigenvalue weighted by Crippen LogP contribution is 2.74. The van der Waals surface area contributed by atoms with E-state index in [0.29, 0.717) is 6.42 Å². The first-order valence-electron chi connectivity index (χ1n) is 20.9. The van der Waals surface area contributed by atoms with E-state index in [0.717, 1.165) is 75.6 Å². The molecule has 2 aromatic rings. The number of hydrogen-bond donors (Lipinski definition) is 4. The molecule has 4 N–H and O–H groups in total. The summed E-state index contributed by atoms with van der Waals surface area (Å²) in [7, 11) is 0. The molecular formula is C48H56O12. The van der Waals surface area contributed by atoms with Crippen LogP contribution in [0, 0.1) is 44.3 Å². The van der Waals surface area contributed by atoms with Crippen LogP contribution in [0.2, 0.25) is 0 Å². The van der Waals surface area contributed by atoms with Crippen LogP contribution in [0.4, 0.5) is 0 Å². The second kappa shape index (κ2) is 14.4. The molecule has 3 fully saturated rings. The maximum atomic E-state index is 13.6. The summed E-state index contributed by atoms with van der Waals surface area (Å²) in [5.41, 5.74) is 0.189. The second-order valence-electron chi connectivity index (χ2n) is 20.3. The number of ether oxygens (including phenoxy) is 2. The van der Waals surface area contributed by atoms with Gasteiger partial charge in [0.15, 0.2) is 0 Å². The number of carboxylic acids is 4. The lowest BCUT2D eigenvalue weighted by Crippen LogP contribution is -2.63. The standard InChI is InChI=1S/C48H56O12/c1-43(2)34-10-13-48(7)35(46(34,5)12-11-36(43)60-42(58)31-22-28(39(53)54)19-29(23-31)40(55)56)9-8-32-33-24-44(3,14-15-45(33,4)16-17-47(32,48)6)25-59-41(57)30-20-26(37(49)50)18-27(21-30)38(51)52/h8-9,18-23,34-36H,10-17,24-25H2,1-7H3,(H,49,50)(H,51,52)(H,53,54)(H,55,56)/t34?,35?,36?,44-,45?,46?,47+,48?/m0/s1. The Kier molecular flexibility index (Phi) is 10.3. The summed E-state index contributed by atoms with van der Waals surface area (Å²) in [5, 5.41) is 38.2. The maximum absolute atomic E-state index is 13.6. The van der Waals surface area contributed by atoms with E-state index in [-0.39, 0.29) is 73.5 Å². The Morgan fingerprint density at radius 3 is 1.65 bits per heavy atom. The molecular weight excluding hydrogens is 769 g/mol. The molecule has 5 aliphatic rings. The van der Waals surface area contributed by atoms with Gasteiger partial charge in [0.05, 0.1) is 40.0 Å². The number of benzene rings is 2. The lowest BCUT2D eigenvalue weighted by Gasteiger charge is -2.69. The Labute approximate surface area is 350 Å². The predicted molar refractivity (Wildman–Crippen MR) is 219 cm³/mol. The Bertz CT molecular complexity index is 2220. The van der Waals surface area contributed by atoms with Crippen LogP contribution < -0.4 is 0 Å². The number of carboxylic acid groups (broad SMARTS) is 4. The van der Waals surface area contributed by atoms with Gasteiger partial charge in [-0.1, -0.05) is 66.2 Å². The SMILES string of the molecule is CC12CC[C@](C)(COC(=O)c3cc(C(=O)O)cc(C(=O)O)c3)CC1=C1C=CC3C4(C)CCC(OC(=O)c5cc(C(=O)O)cc(C(=O)O)c5)C(C)(C)C4CCC3(C)[C@]1(C)CC2. The van der Waals surface area contributed by atoms with Crippen molar-refractivity contribution >= 4 is 35.8 Å². The van der Waals surface area contributed by atoms with Gasteiger partial charge >= 0.3 is 35.8 Å². The molecule has 0 bridgehead atoms. The summed E-state index contributed by atoms with van der Waals surface area (Å²) < 4.78 is 12.0. The van der Waals surface area contributed by atoms with E-state index in [1.165, 1.54) is 23.3 Å². The highest BCUT2D eigenvalue weighted by atomic mass is 16.5. The molecule has 6 unspecified atom stereocenters.